The highest BCUT2D eigenvalue weighted by Crippen LogP contribution is 2.38. The number of aromatic nitrogens is 3. The Morgan fingerprint density at radius 3 is 2.91 bits per heavy atom. The van der Waals surface area contributed by atoms with Crippen molar-refractivity contribution in [3.8, 4) is 5.69 Å². The number of rotatable bonds is 5. The number of halogens is 1. The SMILES string of the molecule is C[C@H]1C[C@H]1C(=O)OCC(=O)Nc1cc(Cl)ccc1-n1cncn1. The van der Waals surface area contributed by atoms with Crippen LogP contribution in [0.3, 0.4) is 0 Å². The molecule has 0 aliphatic heterocycles. The molecular formula is C15H15ClN4O3. The van der Waals surface area contributed by atoms with Crippen LogP contribution >= 0.6 is 11.6 Å². The van der Waals surface area contributed by atoms with E-state index in [0.717, 1.165) is 6.42 Å². The second-order valence-electron chi connectivity index (χ2n) is 5.48. The van der Waals surface area contributed by atoms with Crippen molar-refractivity contribution in [2.45, 2.75) is 13.3 Å². The van der Waals surface area contributed by atoms with E-state index < -0.39 is 5.91 Å². The average molecular weight is 335 g/mol. The Kier molecular flexibility index (Phi) is 4.29. The molecule has 0 saturated heterocycles. The first kappa shape index (κ1) is 15.5. The fourth-order valence-corrected chi connectivity index (χ4v) is 2.39. The number of benzene rings is 1. The van der Waals surface area contributed by atoms with Gasteiger partial charge in [-0.15, -0.1) is 0 Å². The molecule has 2 atom stereocenters. The number of ether oxygens (including phenoxy) is 1. The van der Waals surface area contributed by atoms with E-state index in [4.69, 9.17) is 16.3 Å². The number of esters is 1. The van der Waals surface area contributed by atoms with Crippen molar-refractivity contribution in [1.29, 1.82) is 0 Å². The second kappa shape index (κ2) is 6.37. The zero-order valence-corrected chi connectivity index (χ0v) is 13.2. The van der Waals surface area contributed by atoms with Gasteiger partial charge in [0.2, 0.25) is 0 Å². The number of anilines is 1. The topological polar surface area (TPSA) is 86.1 Å². The molecule has 120 valence electrons. The normalized spacial score (nSPS) is 19.2. The van der Waals surface area contributed by atoms with Gasteiger partial charge in [-0.2, -0.15) is 5.10 Å². The van der Waals surface area contributed by atoms with Gasteiger partial charge >= 0.3 is 5.97 Å². The number of hydrogen-bond donors (Lipinski definition) is 1. The van der Waals surface area contributed by atoms with Gasteiger partial charge in [-0.3, -0.25) is 9.59 Å². The summed E-state index contributed by atoms with van der Waals surface area (Å²) in [5.41, 5.74) is 1.08. The minimum Gasteiger partial charge on any atom is -0.455 e. The molecule has 0 unspecified atom stereocenters. The van der Waals surface area contributed by atoms with Gasteiger partial charge in [-0.05, 0) is 30.5 Å². The fraction of sp³-hybridized carbons (Fsp3) is 0.333. The van der Waals surface area contributed by atoms with Crippen molar-refractivity contribution in [1.82, 2.24) is 14.8 Å². The van der Waals surface area contributed by atoms with Gasteiger partial charge in [0, 0.05) is 5.02 Å². The maximum absolute atomic E-state index is 12.0. The van der Waals surface area contributed by atoms with E-state index in [1.54, 1.807) is 18.2 Å². The summed E-state index contributed by atoms with van der Waals surface area (Å²) in [4.78, 5) is 27.5. The molecule has 7 nitrogen and oxygen atoms in total. The number of carbonyl (C=O) groups is 2. The number of nitrogens with one attached hydrogen (secondary N) is 1. The zero-order chi connectivity index (χ0) is 16.4. The van der Waals surface area contributed by atoms with Crippen LogP contribution in [-0.4, -0.2) is 33.2 Å². The summed E-state index contributed by atoms with van der Waals surface area (Å²) in [6, 6.07) is 4.99. The van der Waals surface area contributed by atoms with Crippen LogP contribution in [0.15, 0.2) is 30.9 Å². The van der Waals surface area contributed by atoms with Gasteiger partial charge in [0.15, 0.2) is 6.61 Å². The average Bonchev–Trinajstić information content (AvgIpc) is 3.01. The second-order valence-corrected chi connectivity index (χ2v) is 5.91. The Morgan fingerprint density at radius 1 is 1.48 bits per heavy atom. The first-order valence-corrected chi connectivity index (χ1v) is 7.53. The van der Waals surface area contributed by atoms with Gasteiger partial charge in [-0.1, -0.05) is 18.5 Å². The largest absolute Gasteiger partial charge is 0.455 e. The monoisotopic (exact) mass is 334 g/mol. The van der Waals surface area contributed by atoms with Crippen LogP contribution in [0.4, 0.5) is 5.69 Å². The van der Waals surface area contributed by atoms with E-state index in [2.05, 4.69) is 15.4 Å². The maximum atomic E-state index is 12.0. The fourth-order valence-electron chi connectivity index (χ4n) is 2.22. The Bertz CT molecular complexity index is 732. The van der Waals surface area contributed by atoms with Gasteiger partial charge < -0.3 is 10.1 Å². The van der Waals surface area contributed by atoms with E-state index in [1.807, 2.05) is 6.92 Å². The minimum absolute atomic E-state index is 0.0697. The molecule has 1 aromatic heterocycles. The lowest BCUT2D eigenvalue weighted by atomic mass is 10.2. The molecule has 0 radical (unpaired) electrons. The van der Waals surface area contributed by atoms with E-state index in [-0.39, 0.29) is 18.5 Å². The molecule has 1 fully saturated rings. The number of nitrogens with zero attached hydrogens (tertiary/aromatic N) is 3. The summed E-state index contributed by atoms with van der Waals surface area (Å²) in [6.07, 6.45) is 3.72. The molecule has 1 heterocycles. The lowest BCUT2D eigenvalue weighted by Gasteiger charge is -2.11. The third-order valence-corrected chi connectivity index (χ3v) is 3.89. The summed E-state index contributed by atoms with van der Waals surface area (Å²) in [5, 5.41) is 7.17. The quantitative estimate of drug-likeness (QED) is 0.846. The van der Waals surface area contributed by atoms with E-state index in [0.29, 0.717) is 22.3 Å². The van der Waals surface area contributed by atoms with Gasteiger partial charge in [0.25, 0.3) is 5.91 Å². The van der Waals surface area contributed by atoms with Gasteiger partial charge in [0.05, 0.1) is 17.3 Å². The molecule has 23 heavy (non-hydrogen) atoms. The summed E-state index contributed by atoms with van der Waals surface area (Å²) < 4.78 is 6.52. The Morgan fingerprint density at radius 2 is 2.26 bits per heavy atom. The third kappa shape index (κ3) is 3.68. The lowest BCUT2D eigenvalue weighted by Crippen LogP contribution is -2.22. The van der Waals surface area contributed by atoms with E-state index in [9.17, 15) is 9.59 Å². The molecule has 3 rings (SSSR count). The Balaban J connectivity index is 1.66. The van der Waals surface area contributed by atoms with Crippen molar-refractivity contribution < 1.29 is 14.3 Å². The van der Waals surface area contributed by atoms with E-state index in [1.165, 1.54) is 17.3 Å². The van der Waals surface area contributed by atoms with Crippen LogP contribution in [0.2, 0.25) is 5.02 Å². The number of carbonyl (C=O) groups excluding carboxylic acids is 2. The predicted octanol–water partition coefficient (Wildman–Crippen LogP) is 2.06. The number of hydrogen-bond acceptors (Lipinski definition) is 5. The van der Waals surface area contributed by atoms with Crippen molar-refractivity contribution in [2.75, 3.05) is 11.9 Å². The Hall–Kier alpha value is -2.41. The van der Waals surface area contributed by atoms with E-state index >= 15 is 0 Å². The minimum atomic E-state index is -0.435. The molecule has 1 saturated carbocycles. The van der Waals surface area contributed by atoms with Crippen LogP contribution in [-0.2, 0) is 14.3 Å². The summed E-state index contributed by atoms with van der Waals surface area (Å²) in [6.45, 7) is 1.65. The van der Waals surface area contributed by atoms with Crippen LogP contribution in [0, 0.1) is 11.8 Å². The summed E-state index contributed by atoms with van der Waals surface area (Å²) >= 11 is 5.97. The molecule has 2 aromatic rings. The molecule has 0 bridgehead atoms. The molecule has 1 amide bonds. The van der Waals surface area contributed by atoms with Crippen LogP contribution in [0.25, 0.3) is 5.69 Å². The molecule has 1 aliphatic carbocycles. The summed E-state index contributed by atoms with van der Waals surface area (Å²) in [5.74, 6) is -0.484. The standard InChI is InChI=1S/C15H15ClN4O3/c1-9-4-11(9)15(22)23-6-14(21)19-12-5-10(16)2-3-13(12)20-8-17-7-18-20/h2-3,5,7-9,11H,4,6H2,1H3,(H,19,21)/t9-,11+/m0/s1. The Labute approximate surface area is 137 Å². The van der Waals surface area contributed by atoms with Crippen molar-refractivity contribution in [3.05, 3.63) is 35.9 Å². The number of amides is 1. The first-order chi connectivity index (χ1) is 11.0. The maximum Gasteiger partial charge on any atom is 0.309 e. The smallest absolute Gasteiger partial charge is 0.309 e. The summed E-state index contributed by atoms with van der Waals surface area (Å²) in [7, 11) is 0. The van der Waals surface area contributed by atoms with Crippen molar-refractivity contribution in [3.63, 3.8) is 0 Å². The third-order valence-electron chi connectivity index (χ3n) is 3.66. The molecule has 1 N–H and O–H groups in total. The van der Waals surface area contributed by atoms with Crippen molar-refractivity contribution in [2.24, 2.45) is 11.8 Å². The van der Waals surface area contributed by atoms with Crippen LogP contribution in [0.1, 0.15) is 13.3 Å². The highest BCUT2D eigenvalue weighted by molar-refractivity contribution is 6.31. The molecular weight excluding hydrogens is 320 g/mol. The van der Waals surface area contributed by atoms with Crippen LogP contribution < -0.4 is 5.32 Å². The van der Waals surface area contributed by atoms with Gasteiger partial charge in [0.1, 0.15) is 12.7 Å². The highest BCUT2D eigenvalue weighted by atomic mass is 35.5. The lowest BCUT2D eigenvalue weighted by molar-refractivity contribution is -0.148. The van der Waals surface area contributed by atoms with Crippen molar-refractivity contribution >= 4 is 29.2 Å². The molecule has 1 aromatic carbocycles. The van der Waals surface area contributed by atoms with Crippen LogP contribution in [0.5, 0.6) is 0 Å². The molecule has 8 heteroatoms. The highest BCUT2D eigenvalue weighted by Gasteiger charge is 2.40. The molecule has 0 spiro atoms. The predicted molar refractivity (Wildman–Crippen MR) is 83.2 cm³/mol. The molecule has 1 aliphatic rings. The van der Waals surface area contributed by atoms with Gasteiger partial charge in [-0.25, -0.2) is 9.67 Å². The zero-order valence-electron chi connectivity index (χ0n) is 12.4. The first-order valence-electron chi connectivity index (χ1n) is 7.15.